The number of rotatable bonds is 11. The van der Waals surface area contributed by atoms with Gasteiger partial charge >= 0.3 is 0 Å². The molecule has 334 valence electrons. The Morgan fingerprint density at radius 3 is 1.53 bits per heavy atom. The molecular weight excluding hydrogens is 800 g/mol. The van der Waals surface area contributed by atoms with Crippen molar-refractivity contribution in [3.05, 3.63) is 162 Å². The van der Waals surface area contributed by atoms with E-state index in [9.17, 15) is 0 Å². The molecule has 3 heterocycles. The van der Waals surface area contributed by atoms with Gasteiger partial charge in [-0.15, -0.1) is 0 Å². The lowest BCUT2D eigenvalue weighted by Crippen LogP contribution is -2.61. The SMILES string of the molecule is CCC(C)(C)c1ccc(N2c3ccc(C(C)(C)CC)cc3B3c4cc(C(C)(C)CC)ccc4N(c4ccc(C(C)(C)CC)c(-c5ccc6oc7ccccc7c6c5)c4)c4cccc2c43)cc1. The van der Waals surface area contributed by atoms with Gasteiger partial charge in [-0.1, -0.05) is 156 Å². The summed E-state index contributed by atoms with van der Waals surface area (Å²) in [5.41, 5.74) is 21.3. The molecule has 66 heavy (non-hydrogen) atoms. The quantitative estimate of drug-likeness (QED) is 0.121. The Bertz CT molecular complexity index is 3160. The lowest BCUT2D eigenvalue weighted by atomic mass is 9.33. The maximum absolute atomic E-state index is 6.35. The number of nitrogens with zero attached hydrogens (tertiary/aromatic N) is 2. The van der Waals surface area contributed by atoms with Crippen molar-refractivity contribution in [3.63, 3.8) is 0 Å². The molecule has 0 amide bonds. The molecule has 1 aromatic heterocycles. The maximum Gasteiger partial charge on any atom is 0.252 e. The molecule has 0 fully saturated rings. The van der Waals surface area contributed by atoms with Crippen molar-refractivity contribution in [1.29, 1.82) is 0 Å². The minimum atomic E-state index is -0.0468. The third kappa shape index (κ3) is 6.92. The van der Waals surface area contributed by atoms with E-state index in [1.165, 1.54) is 78.2 Å². The zero-order valence-electron chi connectivity index (χ0n) is 41.5. The molecule has 0 unspecified atom stereocenters. The average molecular weight is 867 g/mol. The number of furan rings is 1. The van der Waals surface area contributed by atoms with Crippen LogP contribution in [0.5, 0.6) is 0 Å². The van der Waals surface area contributed by atoms with Crippen molar-refractivity contribution in [3.8, 4) is 11.1 Å². The van der Waals surface area contributed by atoms with Crippen LogP contribution in [0.1, 0.15) is 131 Å². The van der Waals surface area contributed by atoms with Crippen molar-refractivity contribution in [2.45, 2.75) is 130 Å². The zero-order valence-corrected chi connectivity index (χ0v) is 41.5. The minimum absolute atomic E-state index is 0.0136. The number of para-hydroxylation sites is 1. The highest BCUT2D eigenvalue weighted by molar-refractivity contribution is 7.00. The molecule has 0 saturated heterocycles. The molecule has 7 aromatic carbocycles. The molecule has 2 aliphatic rings. The summed E-state index contributed by atoms with van der Waals surface area (Å²) in [4.78, 5) is 5.14. The van der Waals surface area contributed by atoms with Gasteiger partial charge in [0.25, 0.3) is 6.71 Å². The summed E-state index contributed by atoms with van der Waals surface area (Å²) < 4.78 is 6.35. The van der Waals surface area contributed by atoms with Gasteiger partial charge in [-0.05, 0) is 164 Å². The molecule has 0 aliphatic carbocycles. The van der Waals surface area contributed by atoms with E-state index in [0.29, 0.717) is 0 Å². The van der Waals surface area contributed by atoms with Crippen LogP contribution in [0.4, 0.5) is 34.1 Å². The molecular formula is C62H67BN2O. The largest absolute Gasteiger partial charge is 0.456 e. The van der Waals surface area contributed by atoms with Gasteiger partial charge in [-0.25, -0.2) is 0 Å². The van der Waals surface area contributed by atoms with Gasteiger partial charge in [0.1, 0.15) is 11.2 Å². The fraction of sp³-hybridized carbons (Fsp3) is 0.323. The van der Waals surface area contributed by atoms with E-state index in [-0.39, 0.29) is 28.4 Å². The van der Waals surface area contributed by atoms with Crippen LogP contribution in [0.3, 0.4) is 0 Å². The van der Waals surface area contributed by atoms with Gasteiger partial charge in [-0.2, -0.15) is 0 Å². The Kier molecular flexibility index (Phi) is 10.5. The third-order valence-electron chi connectivity index (χ3n) is 16.7. The molecule has 0 atom stereocenters. The first kappa shape index (κ1) is 43.9. The van der Waals surface area contributed by atoms with E-state index in [2.05, 4.69) is 232 Å². The average Bonchev–Trinajstić information content (AvgIpc) is 3.71. The Balaban J connectivity index is 1.25. The second kappa shape index (κ2) is 15.8. The number of hydrogen-bond donors (Lipinski definition) is 0. The summed E-state index contributed by atoms with van der Waals surface area (Å²) in [6.07, 6.45) is 4.23. The first-order valence-corrected chi connectivity index (χ1v) is 24.7. The first-order chi connectivity index (χ1) is 31.5. The summed E-state index contributed by atoms with van der Waals surface area (Å²) in [5.74, 6) is 0. The molecule has 0 bridgehead atoms. The Labute approximate surface area is 395 Å². The zero-order chi connectivity index (χ0) is 46.5. The van der Waals surface area contributed by atoms with Gasteiger partial charge in [0, 0.05) is 44.9 Å². The first-order valence-electron chi connectivity index (χ1n) is 24.7. The van der Waals surface area contributed by atoms with E-state index in [4.69, 9.17) is 4.42 Å². The maximum atomic E-state index is 6.35. The molecule has 0 saturated carbocycles. The number of benzene rings is 7. The highest BCUT2D eigenvalue weighted by atomic mass is 16.3. The second-order valence-electron chi connectivity index (χ2n) is 21.9. The topological polar surface area (TPSA) is 19.6 Å². The molecule has 0 N–H and O–H groups in total. The van der Waals surface area contributed by atoms with Crippen LogP contribution >= 0.6 is 0 Å². The fourth-order valence-electron chi connectivity index (χ4n) is 10.6. The number of hydrogen-bond acceptors (Lipinski definition) is 3. The van der Waals surface area contributed by atoms with Crippen molar-refractivity contribution >= 4 is 79.2 Å². The van der Waals surface area contributed by atoms with Crippen molar-refractivity contribution < 1.29 is 4.42 Å². The molecule has 10 rings (SSSR count). The lowest BCUT2D eigenvalue weighted by Gasteiger charge is -2.45. The van der Waals surface area contributed by atoms with Crippen LogP contribution in [0.15, 0.2) is 144 Å². The van der Waals surface area contributed by atoms with Crippen molar-refractivity contribution in [1.82, 2.24) is 0 Å². The summed E-state index contributed by atoms with van der Waals surface area (Å²) in [6, 6.07) is 53.8. The Hall–Kier alpha value is -6.00. The van der Waals surface area contributed by atoms with Gasteiger partial charge < -0.3 is 14.2 Å². The standard InChI is InChI=1S/C62H67BN2O/c1-13-59(5,6)41-25-29-44(30-26-41)64-52-33-27-42(60(7,8)14-2)37-50(52)63-51-38-43(61(9,10)15-3)28-34-53(51)65(55-22-19-21-54(64)58(55)63)45-31-32-49(62(11,12)16-4)47(39-45)40-24-35-57-48(36-40)46-20-17-18-23-56(46)66-57/h17-39H,13-16H2,1-12H3. The van der Waals surface area contributed by atoms with E-state index in [1.54, 1.807) is 0 Å². The van der Waals surface area contributed by atoms with Gasteiger partial charge in [0.05, 0.1) is 0 Å². The van der Waals surface area contributed by atoms with E-state index >= 15 is 0 Å². The third-order valence-corrected chi connectivity index (χ3v) is 16.7. The van der Waals surface area contributed by atoms with Crippen LogP contribution in [-0.2, 0) is 21.7 Å². The van der Waals surface area contributed by atoms with E-state index < -0.39 is 0 Å². The highest BCUT2D eigenvalue weighted by Gasteiger charge is 2.44. The minimum Gasteiger partial charge on any atom is -0.456 e. The van der Waals surface area contributed by atoms with Crippen LogP contribution in [0.25, 0.3) is 33.1 Å². The normalized spacial score (nSPS) is 13.9. The monoisotopic (exact) mass is 867 g/mol. The summed E-state index contributed by atoms with van der Waals surface area (Å²) in [6.45, 7) is 28.4. The predicted molar refractivity (Wildman–Crippen MR) is 286 cm³/mol. The van der Waals surface area contributed by atoms with Crippen molar-refractivity contribution in [2.24, 2.45) is 0 Å². The summed E-state index contributed by atoms with van der Waals surface area (Å²) in [5, 5.41) is 2.30. The number of anilines is 6. The molecule has 3 nitrogen and oxygen atoms in total. The van der Waals surface area contributed by atoms with E-state index in [1.807, 2.05) is 0 Å². The van der Waals surface area contributed by atoms with E-state index in [0.717, 1.165) is 53.3 Å². The fourth-order valence-corrected chi connectivity index (χ4v) is 10.6. The summed E-state index contributed by atoms with van der Waals surface area (Å²) in [7, 11) is 0. The molecule has 0 radical (unpaired) electrons. The molecule has 4 heteroatoms. The lowest BCUT2D eigenvalue weighted by molar-refractivity contribution is 0.506. The predicted octanol–water partition coefficient (Wildman–Crippen LogP) is 16.1. The van der Waals surface area contributed by atoms with Crippen LogP contribution in [-0.4, -0.2) is 6.71 Å². The van der Waals surface area contributed by atoms with Gasteiger partial charge in [0.2, 0.25) is 0 Å². The second-order valence-corrected chi connectivity index (χ2v) is 21.9. The summed E-state index contributed by atoms with van der Waals surface area (Å²) >= 11 is 0. The number of fused-ring (bicyclic) bond motifs is 7. The van der Waals surface area contributed by atoms with Gasteiger partial charge in [0.15, 0.2) is 0 Å². The van der Waals surface area contributed by atoms with Crippen LogP contribution in [0, 0.1) is 0 Å². The van der Waals surface area contributed by atoms with Crippen LogP contribution in [0.2, 0.25) is 0 Å². The van der Waals surface area contributed by atoms with Gasteiger partial charge in [-0.3, -0.25) is 0 Å². The molecule has 8 aromatic rings. The smallest absolute Gasteiger partial charge is 0.252 e. The Morgan fingerprint density at radius 2 is 0.939 bits per heavy atom. The Morgan fingerprint density at radius 1 is 0.424 bits per heavy atom. The van der Waals surface area contributed by atoms with Crippen molar-refractivity contribution in [2.75, 3.05) is 9.80 Å². The molecule has 0 spiro atoms. The molecule has 2 aliphatic heterocycles. The highest BCUT2D eigenvalue weighted by Crippen LogP contribution is 2.48. The van der Waals surface area contributed by atoms with Crippen LogP contribution < -0.4 is 26.2 Å².